The molecule has 3 N–H and O–H groups in total. The molecular formula is C31H26ClN3O3S. The highest BCUT2D eigenvalue weighted by Crippen LogP contribution is 2.23. The number of thioether (sulfide) groups is 1. The fraction of sp³-hybridized carbons (Fsp3) is 0.0645. The molecule has 8 heteroatoms. The van der Waals surface area contributed by atoms with Crippen LogP contribution >= 0.6 is 23.4 Å². The highest BCUT2D eigenvalue weighted by Gasteiger charge is 2.15. The van der Waals surface area contributed by atoms with Gasteiger partial charge in [0, 0.05) is 26.9 Å². The molecule has 0 unspecified atom stereocenters. The van der Waals surface area contributed by atoms with Crippen molar-refractivity contribution in [3.63, 3.8) is 0 Å². The maximum Gasteiger partial charge on any atom is 0.272 e. The average molecular weight is 556 g/mol. The molecular weight excluding hydrogens is 530 g/mol. The number of carbonyl (C=O) groups excluding carboxylic acids is 3. The SMILES string of the molecule is Cc1ccc(NC(=O)CSc2cccc(NC(=O)/C(=C/c3ccc(Cl)cc3)NC(=O)c3ccccc3)c2)cc1. The number of rotatable bonds is 9. The fourth-order valence-electron chi connectivity index (χ4n) is 3.51. The van der Waals surface area contributed by atoms with Gasteiger partial charge in [0.15, 0.2) is 0 Å². The van der Waals surface area contributed by atoms with Crippen LogP contribution in [0.3, 0.4) is 0 Å². The van der Waals surface area contributed by atoms with Crippen molar-refractivity contribution in [2.75, 3.05) is 16.4 Å². The van der Waals surface area contributed by atoms with E-state index in [-0.39, 0.29) is 17.4 Å². The van der Waals surface area contributed by atoms with Crippen LogP contribution in [-0.4, -0.2) is 23.5 Å². The second kappa shape index (κ2) is 13.5. The Morgan fingerprint density at radius 3 is 2.23 bits per heavy atom. The third-order valence-corrected chi connectivity index (χ3v) is 6.75. The summed E-state index contributed by atoms with van der Waals surface area (Å²) in [5.41, 5.74) is 3.58. The molecule has 0 heterocycles. The largest absolute Gasteiger partial charge is 0.325 e. The van der Waals surface area contributed by atoms with E-state index in [9.17, 15) is 14.4 Å². The molecule has 0 radical (unpaired) electrons. The normalized spacial score (nSPS) is 11.0. The standard InChI is InChI=1S/C31H26ClN3O3S/c1-21-10-16-25(17-11-21)33-29(36)20-39-27-9-5-8-26(19-27)34-31(38)28(18-22-12-14-24(32)15-13-22)35-30(37)23-6-3-2-4-7-23/h2-19H,20H2,1H3,(H,33,36)(H,34,38)(H,35,37)/b28-18-. The monoisotopic (exact) mass is 555 g/mol. The Labute approximate surface area is 236 Å². The van der Waals surface area contributed by atoms with Gasteiger partial charge in [-0.2, -0.15) is 0 Å². The Hall–Kier alpha value is -4.33. The van der Waals surface area contributed by atoms with Crippen LogP contribution in [0.1, 0.15) is 21.5 Å². The van der Waals surface area contributed by atoms with E-state index in [0.29, 0.717) is 21.8 Å². The number of halogens is 1. The molecule has 4 rings (SSSR count). The first-order valence-corrected chi connectivity index (χ1v) is 13.5. The van der Waals surface area contributed by atoms with Gasteiger partial charge in [-0.1, -0.05) is 65.7 Å². The number of benzene rings is 4. The molecule has 0 saturated heterocycles. The van der Waals surface area contributed by atoms with Gasteiger partial charge in [0.1, 0.15) is 5.70 Å². The summed E-state index contributed by atoms with van der Waals surface area (Å²) in [6, 6.07) is 30.3. The number of hydrogen-bond donors (Lipinski definition) is 3. The predicted octanol–water partition coefficient (Wildman–Crippen LogP) is 6.79. The van der Waals surface area contributed by atoms with E-state index in [0.717, 1.165) is 16.1 Å². The third-order valence-electron chi connectivity index (χ3n) is 5.51. The van der Waals surface area contributed by atoms with Crippen LogP contribution < -0.4 is 16.0 Å². The van der Waals surface area contributed by atoms with Crippen LogP contribution in [0.4, 0.5) is 11.4 Å². The molecule has 0 spiro atoms. The Bertz CT molecular complexity index is 1490. The summed E-state index contributed by atoms with van der Waals surface area (Å²) in [5, 5.41) is 9.00. The van der Waals surface area contributed by atoms with E-state index in [1.807, 2.05) is 43.3 Å². The zero-order chi connectivity index (χ0) is 27.6. The fourth-order valence-corrected chi connectivity index (χ4v) is 4.39. The van der Waals surface area contributed by atoms with E-state index in [4.69, 9.17) is 11.6 Å². The number of amides is 3. The van der Waals surface area contributed by atoms with Gasteiger partial charge in [-0.15, -0.1) is 11.8 Å². The molecule has 3 amide bonds. The highest BCUT2D eigenvalue weighted by molar-refractivity contribution is 8.00. The van der Waals surface area contributed by atoms with E-state index in [1.54, 1.807) is 72.8 Å². The zero-order valence-electron chi connectivity index (χ0n) is 21.1. The molecule has 0 saturated carbocycles. The van der Waals surface area contributed by atoms with E-state index in [2.05, 4.69) is 16.0 Å². The van der Waals surface area contributed by atoms with Gasteiger partial charge >= 0.3 is 0 Å². The summed E-state index contributed by atoms with van der Waals surface area (Å²) in [6.07, 6.45) is 1.58. The van der Waals surface area contributed by atoms with Crippen LogP contribution in [0.25, 0.3) is 6.08 Å². The molecule has 6 nitrogen and oxygen atoms in total. The number of hydrogen-bond acceptors (Lipinski definition) is 4. The summed E-state index contributed by atoms with van der Waals surface area (Å²) in [4.78, 5) is 39.3. The van der Waals surface area contributed by atoms with Crippen LogP contribution in [0.5, 0.6) is 0 Å². The van der Waals surface area contributed by atoms with Crippen molar-refractivity contribution in [3.8, 4) is 0 Å². The topological polar surface area (TPSA) is 87.3 Å². The van der Waals surface area contributed by atoms with Gasteiger partial charge in [0.25, 0.3) is 11.8 Å². The molecule has 0 atom stereocenters. The van der Waals surface area contributed by atoms with Crippen molar-refractivity contribution in [3.05, 3.63) is 131 Å². The third kappa shape index (κ3) is 8.60. The second-order valence-electron chi connectivity index (χ2n) is 8.61. The number of aryl methyl sites for hydroxylation is 1. The van der Waals surface area contributed by atoms with Gasteiger partial charge in [-0.25, -0.2) is 0 Å². The van der Waals surface area contributed by atoms with Crippen LogP contribution in [0.15, 0.2) is 114 Å². The number of nitrogens with one attached hydrogen (secondary N) is 3. The van der Waals surface area contributed by atoms with Gasteiger partial charge in [0.05, 0.1) is 5.75 Å². The molecule has 196 valence electrons. The molecule has 0 aliphatic carbocycles. The van der Waals surface area contributed by atoms with Crippen molar-refractivity contribution < 1.29 is 14.4 Å². The Morgan fingerprint density at radius 2 is 1.51 bits per heavy atom. The lowest BCUT2D eigenvalue weighted by Gasteiger charge is -2.12. The molecule has 0 aliphatic heterocycles. The van der Waals surface area contributed by atoms with Crippen LogP contribution in [0.2, 0.25) is 5.02 Å². The van der Waals surface area contributed by atoms with Crippen molar-refractivity contribution >= 4 is 58.5 Å². The maximum atomic E-state index is 13.3. The quantitative estimate of drug-likeness (QED) is 0.157. The number of anilines is 2. The number of carbonyl (C=O) groups is 3. The summed E-state index contributed by atoms with van der Waals surface area (Å²) in [6.45, 7) is 1.99. The second-order valence-corrected chi connectivity index (χ2v) is 10.1. The smallest absolute Gasteiger partial charge is 0.272 e. The Balaban J connectivity index is 1.44. The molecule has 0 bridgehead atoms. The minimum atomic E-state index is -0.492. The summed E-state index contributed by atoms with van der Waals surface area (Å²) in [5.74, 6) is -0.821. The van der Waals surface area contributed by atoms with Gasteiger partial charge in [-0.3, -0.25) is 14.4 Å². The zero-order valence-corrected chi connectivity index (χ0v) is 22.7. The van der Waals surface area contributed by atoms with E-state index < -0.39 is 11.8 Å². The lowest BCUT2D eigenvalue weighted by molar-refractivity contribution is -0.114. The predicted molar refractivity (Wildman–Crippen MR) is 159 cm³/mol. The maximum absolute atomic E-state index is 13.3. The molecule has 4 aromatic carbocycles. The highest BCUT2D eigenvalue weighted by atomic mass is 35.5. The first kappa shape index (κ1) is 27.7. The van der Waals surface area contributed by atoms with Crippen molar-refractivity contribution in [1.29, 1.82) is 0 Å². The van der Waals surface area contributed by atoms with Gasteiger partial charge in [-0.05, 0) is 73.2 Å². The lowest BCUT2D eigenvalue weighted by atomic mass is 10.1. The molecule has 0 aromatic heterocycles. The first-order valence-electron chi connectivity index (χ1n) is 12.1. The van der Waals surface area contributed by atoms with E-state index in [1.165, 1.54) is 11.8 Å². The minimum absolute atomic E-state index is 0.0710. The van der Waals surface area contributed by atoms with Crippen LogP contribution in [0, 0.1) is 6.92 Å². The van der Waals surface area contributed by atoms with Crippen LogP contribution in [-0.2, 0) is 9.59 Å². The molecule has 39 heavy (non-hydrogen) atoms. The first-order chi connectivity index (χ1) is 18.9. The van der Waals surface area contributed by atoms with Gasteiger partial charge < -0.3 is 16.0 Å². The van der Waals surface area contributed by atoms with E-state index >= 15 is 0 Å². The van der Waals surface area contributed by atoms with Crippen molar-refractivity contribution in [2.24, 2.45) is 0 Å². The minimum Gasteiger partial charge on any atom is -0.325 e. The summed E-state index contributed by atoms with van der Waals surface area (Å²) >= 11 is 7.34. The van der Waals surface area contributed by atoms with Crippen molar-refractivity contribution in [1.82, 2.24) is 5.32 Å². The summed E-state index contributed by atoms with van der Waals surface area (Å²) in [7, 11) is 0. The molecule has 0 aliphatic rings. The lowest BCUT2D eigenvalue weighted by Crippen LogP contribution is -2.30. The van der Waals surface area contributed by atoms with Crippen molar-refractivity contribution in [2.45, 2.75) is 11.8 Å². The molecule has 4 aromatic rings. The average Bonchev–Trinajstić information content (AvgIpc) is 2.94. The van der Waals surface area contributed by atoms with Gasteiger partial charge in [0.2, 0.25) is 5.91 Å². The Kier molecular flexibility index (Phi) is 9.56. The Morgan fingerprint density at radius 1 is 0.795 bits per heavy atom. The molecule has 0 fully saturated rings. The summed E-state index contributed by atoms with van der Waals surface area (Å²) < 4.78 is 0.